The molecule has 0 aromatic heterocycles. The maximum absolute atomic E-state index is 10.8. The van der Waals surface area contributed by atoms with E-state index in [0.29, 0.717) is 12.3 Å². The zero-order valence-electron chi connectivity index (χ0n) is 6.41. The lowest BCUT2D eigenvalue weighted by atomic mass is 10.3. The molecule has 0 fully saturated rings. The summed E-state index contributed by atoms with van der Waals surface area (Å²) in [5, 5.41) is 0.0816. The lowest BCUT2D eigenvalue weighted by molar-refractivity contribution is 0.380. The molecular weight excluding hydrogens is 222 g/mol. The van der Waals surface area contributed by atoms with Crippen molar-refractivity contribution in [2.45, 2.75) is 12.8 Å². The Morgan fingerprint density at radius 1 is 1.33 bits per heavy atom. The van der Waals surface area contributed by atoms with Crippen LogP contribution in [0.2, 0.25) is 0 Å². The largest absolute Gasteiger partial charge is 0.351 e. The Bertz CT molecular complexity index is 199. The van der Waals surface area contributed by atoms with Gasteiger partial charge in [-0.15, -0.1) is 23.2 Å². The van der Waals surface area contributed by atoms with Crippen molar-refractivity contribution in [1.82, 2.24) is 0 Å². The summed E-state index contributed by atoms with van der Waals surface area (Å²) < 4.78 is 10.8. The highest BCUT2D eigenvalue weighted by molar-refractivity contribution is 7.56. The van der Waals surface area contributed by atoms with Gasteiger partial charge in [0.15, 0.2) is 0 Å². The smallest absolute Gasteiger partial charge is 0.321 e. The fraction of sp³-hybridized carbons (Fsp3) is 0.667. The molecule has 0 amide bonds. The van der Waals surface area contributed by atoms with Gasteiger partial charge in [-0.2, -0.15) is 0 Å². The molecule has 0 aromatic rings. The maximum Gasteiger partial charge on any atom is 0.351 e. The number of halogens is 2. The van der Waals surface area contributed by atoms with Crippen LogP contribution in [0.5, 0.6) is 0 Å². The monoisotopic (exact) mass is 232 g/mol. The van der Waals surface area contributed by atoms with Gasteiger partial charge >= 0.3 is 7.60 Å². The normalized spacial score (nSPS) is 13.5. The van der Waals surface area contributed by atoms with Crippen molar-refractivity contribution < 1.29 is 14.4 Å². The lowest BCUT2D eigenvalue weighted by Gasteiger charge is -2.06. The Hall–Kier alpha value is 0.470. The van der Waals surface area contributed by atoms with E-state index < -0.39 is 7.60 Å². The highest BCUT2D eigenvalue weighted by Gasteiger charge is 2.19. The highest BCUT2D eigenvalue weighted by atomic mass is 35.5. The Morgan fingerprint density at radius 3 is 2.25 bits per heavy atom. The van der Waals surface area contributed by atoms with E-state index in [2.05, 4.69) is 0 Å². The molecule has 0 atom stereocenters. The summed E-state index contributed by atoms with van der Waals surface area (Å²) in [7, 11) is -4.10. The first-order chi connectivity index (χ1) is 5.52. The average Bonchev–Trinajstić information content (AvgIpc) is 1.95. The number of hydrogen-bond acceptors (Lipinski definition) is 1. The number of hydrogen-bond donors (Lipinski definition) is 2. The van der Waals surface area contributed by atoms with Gasteiger partial charge in [0.25, 0.3) is 0 Å². The Morgan fingerprint density at radius 2 is 1.92 bits per heavy atom. The third-order valence-electron chi connectivity index (χ3n) is 1.21. The van der Waals surface area contributed by atoms with Crippen molar-refractivity contribution in [2.75, 3.05) is 11.8 Å². The third kappa shape index (κ3) is 5.18. The van der Waals surface area contributed by atoms with Crippen molar-refractivity contribution >= 4 is 30.8 Å². The number of alkyl halides is 2. The Kier molecular flexibility index (Phi) is 6.24. The fourth-order valence-electron chi connectivity index (χ4n) is 0.685. The molecule has 0 aliphatic rings. The minimum atomic E-state index is -4.10. The van der Waals surface area contributed by atoms with Crippen LogP contribution in [-0.4, -0.2) is 21.5 Å². The quantitative estimate of drug-likeness (QED) is 0.565. The molecule has 0 unspecified atom stereocenters. The van der Waals surface area contributed by atoms with Gasteiger partial charge in [-0.1, -0.05) is 6.08 Å². The molecule has 0 bridgehead atoms. The number of rotatable bonds is 5. The average molecular weight is 233 g/mol. The summed E-state index contributed by atoms with van der Waals surface area (Å²) in [5.74, 6) is 0.561. The molecule has 72 valence electrons. The molecule has 2 N–H and O–H groups in total. The summed E-state index contributed by atoms with van der Waals surface area (Å²) in [5.41, 5.74) is 0. The predicted octanol–water partition coefficient (Wildman–Crippen LogP) is 2.31. The topological polar surface area (TPSA) is 57.5 Å². The van der Waals surface area contributed by atoms with E-state index >= 15 is 0 Å². The van der Waals surface area contributed by atoms with Crippen LogP contribution in [0.25, 0.3) is 0 Å². The van der Waals surface area contributed by atoms with E-state index in [9.17, 15) is 4.57 Å². The van der Waals surface area contributed by atoms with E-state index in [1.807, 2.05) is 0 Å². The minimum absolute atomic E-state index is 0.0816. The van der Waals surface area contributed by atoms with Gasteiger partial charge in [0, 0.05) is 17.1 Å². The molecule has 12 heavy (non-hydrogen) atoms. The van der Waals surface area contributed by atoms with Crippen molar-refractivity contribution in [3.05, 3.63) is 11.4 Å². The molecular formula is C6H11Cl2O3P. The first-order valence-corrected chi connectivity index (χ1v) is 6.07. The first kappa shape index (κ1) is 12.5. The molecule has 3 nitrogen and oxygen atoms in total. The van der Waals surface area contributed by atoms with Gasteiger partial charge in [0.2, 0.25) is 0 Å². The van der Waals surface area contributed by atoms with Crippen LogP contribution in [0, 0.1) is 0 Å². The summed E-state index contributed by atoms with van der Waals surface area (Å²) in [6.45, 7) is 0. The fourth-order valence-corrected chi connectivity index (χ4v) is 1.90. The molecule has 0 aliphatic heterocycles. The van der Waals surface area contributed by atoms with Crippen LogP contribution in [0.1, 0.15) is 12.8 Å². The molecule has 0 saturated carbocycles. The highest BCUT2D eigenvalue weighted by Crippen LogP contribution is 2.46. The Balaban J connectivity index is 4.33. The summed E-state index contributed by atoms with van der Waals surface area (Å²) in [6.07, 6.45) is 2.12. The lowest BCUT2D eigenvalue weighted by Crippen LogP contribution is -1.88. The van der Waals surface area contributed by atoms with Gasteiger partial charge < -0.3 is 9.79 Å². The Labute approximate surface area is 81.5 Å². The molecule has 0 saturated heterocycles. The molecule has 0 aromatic carbocycles. The minimum Gasteiger partial charge on any atom is -0.321 e. The molecule has 6 heteroatoms. The van der Waals surface area contributed by atoms with Crippen molar-refractivity contribution in [3.8, 4) is 0 Å². The van der Waals surface area contributed by atoms with Gasteiger partial charge in [-0.3, -0.25) is 4.57 Å². The molecule has 0 radical (unpaired) electrons. The van der Waals surface area contributed by atoms with Crippen molar-refractivity contribution in [1.29, 1.82) is 0 Å². The van der Waals surface area contributed by atoms with Gasteiger partial charge in [-0.05, 0) is 12.8 Å². The standard InChI is InChI=1S/C6H11Cl2O3P/c7-4-1-2-6(3-5-8)12(9,10)11/h2H,1,3-5H2,(H2,9,10,11)/b6-2-. The van der Waals surface area contributed by atoms with E-state index in [0.717, 1.165) is 0 Å². The number of allylic oxidation sites excluding steroid dienone is 2. The second kappa shape index (κ2) is 6.01. The van der Waals surface area contributed by atoms with Crippen LogP contribution in [0.15, 0.2) is 11.4 Å². The molecule has 0 heterocycles. The second-order valence-corrected chi connectivity index (χ2v) is 4.57. The van der Waals surface area contributed by atoms with Gasteiger partial charge in [0.1, 0.15) is 0 Å². The second-order valence-electron chi connectivity index (χ2n) is 2.16. The van der Waals surface area contributed by atoms with E-state index in [1.165, 1.54) is 6.08 Å². The van der Waals surface area contributed by atoms with Crippen LogP contribution in [-0.2, 0) is 4.57 Å². The third-order valence-corrected chi connectivity index (χ3v) is 2.78. The summed E-state index contributed by atoms with van der Waals surface area (Å²) in [6, 6.07) is 0. The van der Waals surface area contributed by atoms with Gasteiger partial charge in [0.05, 0.1) is 0 Å². The molecule has 0 spiro atoms. The molecule has 0 rings (SSSR count). The van der Waals surface area contributed by atoms with Crippen molar-refractivity contribution in [2.24, 2.45) is 0 Å². The van der Waals surface area contributed by atoms with Crippen LogP contribution < -0.4 is 0 Å². The van der Waals surface area contributed by atoms with Crippen LogP contribution >= 0.6 is 30.8 Å². The zero-order chi connectivity index (χ0) is 9.61. The van der Waals surface area contributed by atoms with Gasteiger partial charge in [-0.25, -0.2) is 0 Å². The van der Waals surface area contributed by atoms with E-state index in [4.69, 9.17) is 33.0 Å². The van der Waals surface area contributed by atoms with E-state index in [1.54, 1.807) is 0 Å². The summed E-state index contributed by atoms with van der Waals surface area (Å²) >= 11 is 10.7. The molecule has 0 aliphatic carbocycles. The SMILES string of the molecule is O=P(O)(O)/C(=C\CCCl)CCCl. The first-order valence-electron chi connectivity index (χ1n) is 3.39. The van der Waals surface area contributed by atoms with Crippen LogP contribution in [0.4, 0.5) is 0 Å². The van der Waals surface area contributed by atoms with E-state index in [-0.39, 0.29) is 17.6 Å². The predicted molar refractivity (Wildman–Crippen MR) is 50.8 cm³/mol. The maximum atomic E-state index is 10.8. The summed E-state index contributed by atoms with van der Waals surface area (Å²) in [4.78, 5) is 17.6. The van der Waals surface area contributed by atoms with Crippen LogP contribution in [0.3, 0.4) is 0 Å². The zero-order valence-corrected chi connectivity index (χ0v) is 8.82. The van der Waals surface area contributed by atoms with Crippen molar-refractivity contribution in [3.63, 3.8) is 0 Å².